The summed E-state index contributed by atoms with van der Waals surface area (Å²) < 4.78 is 1.78. The van der Waals surface area contributed by atoms with E-state index < -0.39 is 0 Å². The molecule has 24 heavy (non-hydrogen) atoms. The number of hydrogen-bond donors (Lipinski definition) is 0. The fourth-order valence-electron chi connectivity index (χ4n) is 2.87. The lowest BCUT2D eigenvalue weighted by atomic mass is 10.2. The molecule has 0 N–H and O–H groups in total. The Morgan fingerprint density at radius 1 is 0.875 bits per heavy atom. The Labute approximate surface area is 144 Å². The predicted molar refractivity (Wildman–Crippen MR) is 92.8 cm³/mol. The van der Waals surface area contributed by atoms with Crippen molar-refractivity contribution in [3.63, 3.8) is 0 Å². The standard InChI is InChI=1S/C16H16ClN7/c17-15-12-14(6-7-18-15)22-8-10-23(11-9-22)16-19-20-21-24(16)13-4-2-1-3-5-13/h1-7,12H,8-11H2. The average molecular weight is 342 g/mol. The van der Waals surface area contributed by atoms with Crippen LogP contribution in [-0.4, -0.2) is 51.4 Å². The maximum Gasteiger partial charge on any atom is 0.250 e. The summed E-state index contributed by atoms with van der Waals surface area (Å²) in [6.07, 6.45) is 1.74. The zero-order valence-electron chi connectivity index (χ0n) is 13.0. The molecule has 0 amide bonds. The van der Waals surface area contributed by atoms with E-state index in [1.807, 2.05) is 42.5 Å². The van der Waals surface area contributed by atoms with Gasteiger partial charge < -0.3 is 9.80 Å². The molecule has 0 bridgehead atoms. The van der Waals surface area contributed by atoms with Gasteiger partial charge in [-0.05, 0) is 34.7 Å². The van der Waals surface area contributed by atoms with Gasteiger partial charge in [0.05, 0.1) is 5.69 Å². The number of anilines is 2. The van der Waals surface area contributed by atoms with Gasteiger partial charge in [0, 0.05) is 38.1 Å². The van der Waals surface area contributed by atoms with Gasteiger partial charge in [0.1, 0.15) is 5.15 Å². The highest BCUT2D eigenvalue weighted by Gasteiger charge is 2.22. The van der Waals surface area contributed by atoms with Crippen molar-refractivity contribution in [1.29, 1.82) is 0 Å². The topological polar surface area (TPSA) is 63.0 Å². The van der Waals surface area contributed by atoms with E-state index in [9.17, 15) is 0 Å². The van der Waals surface area contributed by atoms with Gasteiger partial charge in [0.25, 0.3) is 0 Å². The van der Waals surface area contributed by atoms with E-state index in [1.165, 1.54) is 0 Å². The Hall–Kier alpha value is -2.67. The molecule has 1 fully saturated rings. The van der Waals surface area contributed by atoms with Crippen LogP contribution in [0.2, 0.25) is 5.15 Å². The molecule has 1 aliphatic heterocycles. The zero-order valence-corrected chi connectivity index (χ0v) is 13.7. The van der Waals surface area contributed by atoms with Crippen LogP contribution in [0.25, 0.3) is 5.69 Å². The van der Waals surface area contributed by atoms with Gasteiger partial charge in [-0.15, -0.1) is 0 Å². The van der Waals surface area contributed by atoms with Gasteiger partial charge >= 0.3 is 0 Å². The normalized spacial score (nSPS) is 14.9. The predicted octanol–water partition coefficient (Wildman–Crippen LogP) is 2.04. The van der Waals surface area contributed by atoms with Crippen LogP contribution in [0, 0.1) is 0 Å². The number of para-hydroxylation sites is 1. The Bertz CT molecular complexity index is 812. The molecule has 1 saturated heterocycles. The summed E-state index contributed by atoms with van der Waals surface area (Å²) in [7, 11) is 0. The quantitative estimate of drug-likeness (QED) is 0.679. The molecule has 7 nitrogen and oxygen atoms in total. The molecule has 1 aromatic carbocycles. The van der Waals surface area contributed by atoms with Crippen molar-refractivity contribution >= 4 is 23.2 Å². The molecule has 4 rings (SSSR count). The molecule has 0 radical (unpaired) electrons. The maximum atomic E-state index is 5.98. The fraction of sp³-hybridized carbons (Fsp3) is 0.250. The second kappa shape index (κ2) is 6.45. The largest absolute Gasteiger partial charge is 0.368 e. The third-order valence-electron chi connectivity index (χ3n) is 4.09. The number of aromatic nitrogens is 5. The first-order valence-electron chi connectivity index (χ1n) is 7.76. The van der Waals surface area contributed by atoms with E-state index in [2.05, 4.69) is 30.3 Å². The van der Waals surface area contributed by atoms with Crippen LogP contribution in [0.3, 0.4) is 0 Å². The van der Waals surface area contributed by atoms with Crippen molar-refractivity contribution in [2.45, 2.75) is 0 Å². The van der Waals surface area contributed by atoms with E-state index >= 15 is 0 Å². The molecule has 2 aromatic heterocycles. The molecule has 0 atom stereocenters. The molecule has 8 heteroatoms. The molecule has 0 aliphatic carbocycles. The monoisotopic (exact) mass is 341 g/mol. The third kappa shape index (κ3) is 2.90. The smallest absolute Gasteiger partial charge is 0.250 e. The maximum absolute atomic E-state index is 5.98. The molecule has 0 spiro atoms. The van der Waals surface area contributed by atoms with Gasteiger partial charge in [-0.1, -0.05) is 34.9 Å². The Kier molecular flexibility index (Phi) is 4.00. The minimum Gasteiger partial charge on any atom is -0.368 e. The van der Waals surface area contributed by atoms with Crippen LogP contribution in [0.4, 0.5) is 11.6 Å². The molecule has 3 aromatic rings. The molecule has 0 saturated carbocycles. The van der Waals surface area contributed by atoms with E-state index in [1.54, 1.807) is 10.9 Å². The van der Waals surface area contributed by atoms with Crippen LogP contribution in [0.1, 0.15) is 0 Å². The highest BCUT2D eigenvalue weighted by Crippen LogP contribution is 2.21. The fourth-order valence-corrected chi connectivity index (χ4v) is 3.04. The van der Waals surface area contributed by atoms with Crippen molar-refractivity contribution in [3.8, 4) is 5.69 Å². The average Bonchev–Trinajstić information content (AvgIpc) is 3.12. The molecular weight excluding hydrogens is 326 g/mol. The van der Waals surface area contributed by atoms with E-state index in [0.717, 1.165) is 43.5 Å². The lowest BCUT2D eigenvalue weighted by molar-refractivity contribution is 0.631. The SMILES string of the molecule is Clc1cc(N2CCN(c3nnnn3-c3ccccc3)CC2)ccn1. The summed E-state index contributed by atoms with van der Waals surface area (Å²) in [5, 5.41) is 12.7. The minimum absolute atomic E-state index is 0.517. The summed E-state index contributed by atoms with van der Waals surface area (Å²) in [6.45, 7) is 3.43. The molecule has 0 unspecified atom stereocenters. The number of nitrogens with zero attached hydrogens (tertiary/aromatic N) is 7. The van der Waals surface area contributed by atoms with Crippen molar-refractivity contribution in [2.75, 3.05) is 36.0 Å². The van der Waals surface area contributed by atoms with Crippen LogP contribution in [-0.2, 0) is 0 Å². The van der Waals surface area contributed by atoms with Gasteiger partial charge in [-0.2, -0.15) is 4.68 Å². The summed E-state index contributed by atoms with van der Waals surface area (Å²) in [6, 6.07) is 13.8. The van der Waals surface area contributed by atoms with Gasteiger partial charge in [0.2, 0.25) is 5.95 Å². The number of piperazine rings is 1. The van der Waals surface area contributed by atoms with E-state index in [4.69, 9.17) is 11.6 Å². The third-order valence-corrected chi connectivity index (χ3v) is 4.30. The Balaban J connectivity index is 1.50. The first kappa shape index (κ1) is 14.9. The van der Waals surface area contributed by atoms with Crippen LogP contribution in [0.5, 0.6) is 0 Å². The number of hydrogen-bond acceptors (Lipinski definition) is 6. The summed E-state index contributed by atoms with van der Waals surface area (Å²) in [4.78, 5) is 8.53. The molecule has 3 heterocycles. The second-order valence-corrected chi connectivity index (χ2v) is 5.92. The zero-order chi connectivity index (χ0) is 16.4. The molecular formula is C16H16ClN7. The van der Waals surface area contributed by atoms with Crippen LogP contribution in [0.15, 0.2) is 48.7 Å². The lowest BCUT2D eigenvalue weighted by Gasteiger charge is -2.36. The Morgan fingerprint density at radius 2 is 1.62 bits per heavy atom. The summed E-state index contributed by atoms with van der Waals surface area (Å²) >= 11 is 5.98. The Morgan fingerprint density at radius 3 is 2.38 bits per heavy atom. The minimum atomic E-state index is 0.517. The summed E-state index contributed by atoms with van der Waals surface area (Å²) in [5.41, 5.74) is 2.05. The van der Waals surface area contributed by atoms with Gasteiger partial charge in [-0.3, -0.25) is 0 Å². The number of rotatable bonds is 3. The van der Waals surface area contributed by atoms with Gasteiger partial charge in [0.15, 0.2) is 0 Å². The highest BCUT2D eigenvalue weighted by molar-refractivity contribution is 6.29. The number of halogens is 1. The van der Waals surface area contributed by atoms with Crippen LogP contribution < -0.4 is 9.80 Å². The van der Waals surface area contributed by atoms with E-state index in [-0.39, 0.29) is 0 Å². The number of benzene rings is 1. The molecule has 122 valence electrons. The van der Waals surface area contributed by atoms with Gasteiger partial charge in [-0.25, -0.2) is 4.98 Å². The van der Waals surface area contributed by atoms with Crippen molar-refractivity contribution in [2.24, 2.45) is 0 Å². The second-order valence-electron chi connectivity index (χ2n) is 5.54. The molecule has 1 aliphatic rings. The van der Waals surface area contributed by atoms with Crippen molar-refractivity contribution in [1.82, 2.24) is 25.2 Å². The highest BCUT2D eigenvalue weighted by atomic mass is 35.5. The summed E-state index contributed by atoms with van der Waals surface area (Å²) in [5.74, 6) is 0.772. The number of pyridine rings is 1. The van der Waals surface area contributed by atoms with E-state index in [0.29, 0.717) is 5.15 Å². The number of tetrazole rings is 1. The van der Waals surface area contributed by atoms with Crippen LogP contribution >= 0.6 is 11.6 Å². The van der Waals surface area contributed by atoms with Crippen molar-refractivity contribution in [3.05, 3.63) is 53.8 Å². The lowest BCUT2D eigenvalue weighted by Crippen LogP contribution is -2.47. The first-order valence-corrected chi connectivity index (χ1v) is 8.14. The first-order chi connectivity index (χ1) is 11.8. The van der Waals surface area contributed by atoms with Crippen molar-refractivity contribution < 1.29 is 0 Å².